The molecule has 1 amide bonds. The molecule has 0 bridgehead atoms. The van der Waals surface area contributed by atoms with Gasteiger partial charge in [-0.1, -0.05) is 42.8 Å². The minimum atomic E-state index is -1.09. The number of ether oxygens (including phenoxy) is 2. The second-order valence-electron chi connectivity index (χ2n) is 8.61. The Morgan fingerprint density at radius 3 is 2.47 bits per heavy atom. The van der Waals surface area contributed by atoms with Crippen molar-refractivity contribution in [3.8, 4) is 11.5 Å². The molecular weight excluding hydrogens is 482 g/mol. The molecule has 4 aromatic rings. The van der Waals surface area contributed by atoms with E-state index in [9.17, 15) is 14.7 Å². The van der Waals surface area contributed by atoms with Gasteiger partial charge < -0.3 is 19.9 Å². The van der Waals surface area contributed by atoms with Gasteiger partial charge in [-0.25, -0.2) is 4.79 Å². The van der Waals surface area contributed by atoms with Crippen LogP contribution in [0.2, 0.25) is 5.02 Å². The number of hydrogen-bond acceptors (Lipinski definition) is 5. The van der Waals surface area contributed by atoms with E-state index in [0.717, 1.165) is 5.56 Å². The highest BCUT2D eigenvalue weighted by Crippen LogP contribution is 2.34. The number of aromatic nitrogens is 2. The van der Waals surface area contributed by atoms with E-state index in [1.165, 1.54) is 14.2 Å². The van der Waals surface area contributed by atoms with Crippen LogP contribution in [0.25, 0.3) is 10.9 Å². The molecule has 185 valence electrons. The summed E-state index contributed by atoms with van der Waals surface area (Å²) in [6.07, 6.45) is 0. The Bertz CT molecular complexity index is 1460. The van der Waals surface area contributed by atoms with Crippen LogP contribution in [0, 0.1) is 6.92 Å². The fourth-order valence-corrected chi connectivity index (χ4v) is 4.49. The summed E-state index contributed by atoms with van der Waals surface area (Å²) in [7, 11) is 3.03. The van der Waals surface area contributed by atoms with E-state index in [1.54, 1.807) is 53.2 Å². The molecule has 0 aliphatic carbocycles. The number of carboxylic acids is 1. The van der Waals surface area contributed by atoms with Crippen LogP contribution in [-0.4, -0.2) is 41.0 Å². The molecule has 0 aliphatic heterocycles. The zero-order valence-electron chi connectivity index (χ0n) is 20.0. The van der Waals surface area contributed by atoms with Crippen molar-refractivity contribution in [2.75, 3.05) is 19.5 Å². The molecule has 4 rings (SSSR count). The SMILES string of the molecule is [CH2]C(C)(Cn1nc(C(=O)O)c2ccccc21)c1ccc(NC(=O)c2ccc(OC)c(OC)c2)cc1Cl. The van der Waals surface area contributed by atoms with E-state index in [0.29, 0.717) is 38.7 Å². The number of fused-ring (bicyclic) bond motifs is 1. The van der Waals surface area contributed by atoms with Gasteiger partial charge in [0.05, 0.1) is 26.3 Å². The van der Waals surface area contributed by atoms with E-state index in [1.807, 2.05) is 19.1 Å². The Kier molecular flexibility index (Phi) is 6.90. The normalized spacial score (nSPS) is 11.4. The molecule has 3 aromatic carbocycles. The molecule has 0 saturated carbocycles. The minimum Gasteiger partial charge on any atom is -0.493 e. The predicted molar refractivity (Wildman–Crippen MR) is 138 cm³/mol. The van der Waals surface area contributed by atoms with Crippen LogP contribution in [0.4, 0.5) is 5.69 Å². The molecule has 1 atom stereocenters. The monoisotopic (exact) mass is 506 g/mol. The summed E-state index contributed by atoms with van der Waals surface area (Å²) in [6.45, 7) is 6.51. The van der Waals surface area contributed by atoms with Crippen LogP contribution in [0.15, 0.2) is 60.7 Å². The molecule has 9 heteroatoms. The summed E-state index contributed by atoms with van der Waals surface area (Å²) in [6, 6.07) is 17.2. The number of carbonyl (C=O) groups excluding carboxylic acids is 1. The van der Waals surface area contributed by atoms with Crippen molar-refractivity contribution in [1.29, 1.82) is 0 Å². The molecule has 1 radical (unpaired) electrons. The maximum Gasteiger partial charge on any atom is 0.357 e. The number of halogens is 1. The van der Waals surface area contributed by atoms with Crippen LogP contribution < -0.4 is 14.8 Å². The standard InChI is InChI=1S/C27H25ClN3O5/c1-27(2,15-31-21-8-6-5-7-18(21)24(30-31)26(33)34)19-11-10-17(14-20(19)28)29-25(32)16-9-12-22(35-3)23(13-16)36-4/h5-14H,1,15H2,2-4H3,(H,29,32)(H,33,34). The van der Waals surface area contributed by atoms with E-state index in [4.69, 9.17) is 21.1 Å². The quantitative estimate of drug-likeness (QED) is 0.329. The smallest absolute Gasteiger partial charge is 0.357 e. The average molecular weight is 507 g/mol. The number of para-hydroxylation sites is 1. The van der Waals surface area contributed by atoms with Crippen molar-refractivity contribution in [2.24, 2.45) is 0 Å². The van der Waals surface area contributed by atoms with E-state index >= 15 is 0 Å². The van der Waals surface area contributed by atoms with Gasteiger partial charge >= 0.3 is 5.97 Å². The first-order chi connectivity index (χ1) is 17.1. The third-order valence-electron chi connectivity index (χ3n) is 5.88. The Hall–Kier alpha value is -4.04. The predicted octanol–water partition coefficient (Wildman–Crippen LogP) is 5.45. The van der Waals surface area contributed by atoms with Gasteiger partial charge in [0, 0.05) is 27.1 Å². The van der Waals surface area contributed by atoms with Crippen molar-refractivity contribution >= 4 is 40.1 Å². The fourth-order valence-electron chi connectivity index (χ4n) is 4.08. The van der Waals surface area contributed by atoms with Gasteiger partial charge in [0.15, 0.2) is 17.2 Å². The zero-order chi connectivity index (χ0) is 26.0. The van der Waals surface area contributed by atoms with Crippen molar-refractivity contribution in [1.82, 2.24) is 9.78 Å². The van der Waals surface area contributed by atoms with Gasteiger partial charge in [-0.2, -0.15) is 5.10 Å². The zero-order valence-corrected chi connectivity index (χ0v) is 20.8. The Balaban J connectivity index is 1.57. The van der Waals surface area contributed by atoms with Gasteiger partial charge in [0.2, 0.25) is 0 Å². The number of carbonyl (C=O) groups is 2. The van der Waals surface area contributed by atoms with E-state index < -0.39 is 11.4 Å². The topological polar surface area (TPSA) is 103 Å². The number of nitrogens with one attached hydrogen (secondary N) is 1. The summed E-state index contributed by atoms with van der Waals surface area (Å²) in [5, 5.41) is 17.6. The molecule has 0 fully saturated rings. The Labute approximate surface area is 213 Å². The number of rotatable bonds is 8. The lowest BCUT2D eigenvalue weighted by Crippen LogP contribution is -2.26. The summed E-state index contributed by atoms with van der Waals surface area (Å²) < 4.78 is 12.1. The first-order valence-corrected chi connectivity index (χ1v) is 11.4. The minimum absolute atomic E-state index is 0.0132. The van der Waals surface area contributed by atoms with Gasteiger partial charge in [-0.05, 0) is 48.9 Å². The molecule has 1 aromatic heterocycles. The number of amides is 1. The maximum absolute atomic E-state index is 12.8. The molecule has 36 heavy (non-hydrogen) atoms. The number of carboxylic acid groups (broad SMARTS) is 1. The number of anilines is 1. The van der Waals surface area contributed by atoms with Gasteiger partial charge in [0.25, 0.3) is 5.91 Å². The molecule has 8 nitrogen and oxygen atoms in total. The number of aromatic carboxylic acids is 1. The summed E-state index contributed by atoms with van der Waals surface area (Å²) in [5.41, 5.74) is 1.57. The first-order valence-electron chi connectivity index (χ1n) is 11.0. The lowest BCUT2D eigenvalue weighted by Gasteiger charge is -2.27. The van der Waals surface area contributed by atoms with Crippen molar-refractivity contribution in [3.05, 3.63) is 89.4 Å². The number of hydrogen-bond donors (Lipinski definition) is 2. The molecule has 0 aliphatic rings. The molecule has 1 unspecified atom stereocenters. The van der Waals surface area contributed by atoms with Crippen molar-refractivity contribution < 1.29 is 24.2 Å². The summed E-state index contributed by atoms with van der Waals surface area (Å²) in [4.78, 5) is 24.4. The van der Waals surface area contributed by atoms with Gasteiger partial charge in [0.1, 0.15) is 0 Å². The second kappa shape index (κ2) is 9.91. The Morgan fingerprint density at radius 2 is 1.81 bits per heavy atom. The van der Waals surface area contributed by atoms with Crippen LogP contribution in [0.3, 0.4) is 0 Å². The summed E-state index contributed by atoms with van der Waals surface area (Å²) in [5.74, 6) is -0.454. The van der Waals surface area contributed by atoms with Crippen molar-refractivity contribution in [2.45, 2.75) is 18.9 Å². The second-order valence-corrected chi connectivity index (χ2v) is 9.01. The highest BCUT2D eigenvalue weighted by atomic mass is 35.5. The molecule has 1 heterocycles. The van der Waals surface area contributed by atoms with E-state index in [-0.39, 0.29) is 18.1 Å². The number of benzene rings is 3. The van der Waals surface area contributed by atoms with Crippen LogP contribution in [0.5, 0.6) is 11.5 Å². The molecular formula is C27H25ClN3O5. The van der Waals surface area contributed by atoms with Gasteiger partial charge in [-0.3, -0.25) is 9.48 Å². The third kappa shape index (κ3) is 4.85. The maximum atomic E-state index is 12.8. The van der Waals surface area contributed by atoms with Gasteiger partial charge in [-0.15, -0.1) is 0 Å². The number of nitrogens with zero attached hydrogens (tertiary/aromatic N) is 2. The molecule has 2 N–H and O–H groups in total. The van der Waals surface area contributed by atoms with Crippen LogP contribution in [-0.2, 0) is 12.0 Å². The Morgan fingerprint density at radius 1 is 1.08 bits per heavy atom. The first kappa shape index (κ1) is 25.1. The van der Waals surface area contributed by atoms with Crippen LogP contribution >= 0.6 is 11.6 Å². The fraction of sp³-hybridized carbons (Fsp3) is 0.185. The summed E-state index contributed by atoms with van der Waals surface area (Å²) >= 11 is 6.62. The largest absolute Gasteiger partial charge is 0.493 e. The van der Waals surface area contributed by atoms with Crippen molar-refractivity contribution in [3.63, 3.8) is 0 Å². The average Bonchev–Trinajstić information content (AvgIpc) is 3.21. The molecule has 0 spiro atoms. The lowest BCUT2D eigenvalue weighted by atomic mass is 9.84. The highest BCUT2D eigenvalue weighted by molar-refractivity contribution is 6.32. The lowest BCUT2D eigenvalue weighted by molar-refractivity contribution is 0.0691. The molecule has 0 saturated heterocycles. The van der Waals surface area contributed by atoms with Crippen LogP contribution in [0.1, 0.15) is 33.3 Å². The third-order valence-corrected chi connectivity index (χ3v) is 6.19. The van der Waals surface area contributed by atoms with E-state index in [2.05, 4.69) is 17.3 Å². The number of methoxy groups -OCH3 is 2. The highest BCUT2D eigenvalue weighted by Gasteiger charge is 2.27.